The van der Waals surface area contributed by atoms with Gasteiger partial charge in [0.25, 0.3) is 5.91 Å². The van der Waals surface area contributed by atoms with Gasteiger partial charge in [0.2, 0.25) is 10.0 Å². The molecule has 0 N–H and O–H groups in total. The van der Waals surface area contributed by atoms with E-state index in [9.17, 15) is 18.0 Å². The number of pyridine rings is 1. The number of piperazine rings is 1. The van der Waals surface area contributed by atoms with Crippen LogP contribution in [0.5, 0.6) is 0 Å². The summed E-state index contributed by atoms with van der Waals surface area (Å²) >= 11 is 0. The van der Waals surface area contributed by atoms with Gasteiger partial charge in [-0.2, -0.15) is 4.31 Å². The SMILES string of the molecule is CCc1nc2ccccc2c(C(=O)OCC(=O)N2CCN(S(=O)(=O)c3ccccc3)CC2)c1C. The number of aromatic nitrogens is 1. The Morgan fingerprint density at radius 3 is 2.29 bits per heavy atom. The summed E-state index contributed by atoms with van der Waals surface area (Å²) in [5.74, 6) is -0.915. The third-order valence-corrected chi connectivity index (χ3v) is 7.99. The van der Waals surface area contributed by atoms with Crippen LogP contribution in [0.1, 0.15) is 28.5 Å². The number of aryl methyl sites for hydroxylation is 1. The van der Waals surface area contributed by atoms with Crippen molar-refractivity contribution >= 4 is 32.8 Å². The number of hydrogen-bond donors (Lipinski definition) is 0. The third-order valence-electron chi connectivity index (χ3n) is 6.07. The number of ether oxygens (including phenoxy) is 1. The number of hydrogen-bond acceptors (Lipinski definition) is 6. The number of sulfonamides is 1. The molecule has 0 bridgehead atoms. The van der Waals surface area contributed by atoms with Gasteiger partial charge in [-0.3, -0.25) is 9.78 Å². The molecule has 3 aromatic rings. The van der Waals surface area contributed by atoms with Crippen molar-refractivity contribution in [3.05, 3.63) is 71.4 Å². The number of amides is 1. The van der Waals surface area contributed by atoms with Crippen molar-refractivity contribution in [1.82, 2.24) is 14.2 Å². The number of esters is 1. The Hall–Kier alpha value is -3.30. The number of carbonyl (C=O) groups is 2. The van der Waals surface area contributed by atoms with Crippen molar-refractivity contribution in [2.24, 2.45) is 0 Å². The van der Waals surface area contributed by atoms with E-state index in [1.807, 2.05) is 38.1 Å². The summed E-state index contributed by atoms with van der Waals surface area (Å²) in [6.07, 6.45) is 0.673. The molecule has 0 spiro atoms. The molecule has 1 amide bonds. The molecule has 2 heterocycles. The van der Waals surface area contributed by atoms with Gasteiger partial charge >= 0.3 is 5.97 Å². The molecule has 1 aromatic heterocycles. The fourth-order valence-corrected chi connectivity index (χ4v) is 5.62. The highest BCUT2D eigenvalue weighted by atomic mass is 32.2. The maximum absolute atomic E-state index is 13.0. The Bertz CT molecular complexity index is 1320. The fraction of sp³-hybridized carbons (Fsp3) is 0.320. The van der Waals surface area contributed by atoms with Gasteiger partial charge in [0, 0.05) is 37.3 Å². The van der Waals surface area contributed by atoms with E-state index in [1.54, 1.807) is 30.3 Å². The number of carbonyl (C=O) groups excluding carboxylic acids is 2. The lowest BCUT2D eigenvalue weighted by atomic mass is 10.0. The van der Waals surface area contributed by atoms with Crippen molar-refractivity contribution < 1.29 is 22.7 Å². The molecular weight excluding hydrogens is 454 g/mol. The third kappa shape index (κ3) is 4.67. The summed E-state index contributed by atoms with van der Waals surface area (Å²) in [7, 11) is -3.60. The normalized spacial score (nSPS) is 14.8. The van der Waals surface area contributed by atoms with E-state index in [0.717, 1.165) is 11.3 Å². The first-order chi connectivity index (χ1) is 16.3. The molecule has 2 aromatic carbocycles. The Labute approximate surface area is 199 Å². The Kier molecular flexibility index (Phi) is 6.95. The fourth-order valence-electron chi connectivity index (χ4n) is 4.18. The van der Waals surface area contributed by atoms with Crippen LogP contribution in [0.3, 0.4) is 0 Å². The van der Waals surface area contributed by atoms with E-state index in [2.05, 4.69) is 4.98 Å². The van der Waals surface area contributed by atoms with E-state index in [4.69, 9.17) is 4.74 Å². The molecule has 178 valence electrons. The van der Waals surface area contributed by atoms with E-state index in [-0.39, 0.29) is 37.0 Å². The molecule has 0 unspecified atom stereocenters. The molecule has 8 nitrogen and oxygen atoms in total. The van der Waals surface area contributed by atoms with Crippen LogP contribution in [-0.4, -0.2) is 67.3 Å². The minimum Gasteiger partial charge on any atom is -0.452 e. The summed E-state index contributed by atoms with van der Waals surface area (Å²) in [5.41, 5.74) is 2.69. The first-order valence-corrected chi connectivity index (χ1v) is 12.6. The molecule has 1 aliphatic rings. The van der Waals surface area contributed by atoms with Crippen LogP contribution in [0.15, 0.2) is 59.5 Å². The molecule has 9 heteroatoms. The summed E-state index contributed by atoms with van der Waals surface area (Å²) in [6.45, 7) is 4.25. The van der Waals surface area contributed by atoms with Gasteiger partial charge in [0.15, 0.2) is 6.61 Å². The lowest BCUT2D eigenvalue weighted by Gasteiger charge is -2.33. The lowest BCUT2D eigenvalue weighted by molar-refractivity contribution is -0.135. The van der Waals surface area contributed by atoms with Gasteiger partial charge in [-0.05, 0) is 37.1 Å². The molecular formula is C25H27N3O5S. The van der Waals surface area contributed by atoms with Crippen molar-refractivity contribution in [2.45, 2.75) is 25.2 Å². The molecule has 0 saturated carbocycles. The van der Waals surface area contributed by atoms with Gasteiger partial charge in [-0.25, -0.2) is 13.2 Å². The number of nitrogens with zero attached hydrogens (tertiary/aromatic N) is 3. The van der Waals surface area contributed by atoms with E-state index in [1.165, 1.54) is 9.21 Å². The van der Waals surface area contributed by atoms with Gasteiger partial charge in [-0.15, -0.1) is 0 Å². The zero-order valence-corrected chi connectivity index (χ0v) is 20.0. The quantitative estimate of drug-likeness (QED) is 0.503. The summed E-state index contributed by atoms with van der Waals surface area (Å²) < 4.78 is 32.3. The Balaban J connectivity index is 1.40. The van der Waals surface area contributed by atoms with Crippen LogP contribution in [0.2, 0.25) is 0 Å². The minimum absolute atomic E-state index is 0.185. The Morgan fingerprint density at radius 1 is 0.971 bits per heavy atom. The maximum Gasteiger partial charge on any atom is 0.339 e. The second-order valence-corrected chi connectivity index (χ2v) is 10.0. The minimum atomic E-state index is -3.60. The number of benzene rings is 2. The van der Waals surface area contributed by atoms with Crippen molar-refractivity contribution in [3.8, 4) is 0 Å². The summed E-state index contributed by atoms with van der Waals surface area (Å²) in [5, 5.41) is 0.689. The van der Waals surface area contributed by atoms with Gasteiger partial charge in [0.1, 0.15) is 0 Å². The molecule has 0 radical (unpaired) electrons. The first-order valence-electron chi connectivity index (χ1n) is 11.2. The van der Waals surface area contributed by atoms with Gasteiger partial charge in [0.05, 0.1) is 16.0 Å². The zero-order chi connectivity index (χ0) is 24.3. The van der Waals surface area contributed by atoms with Crippen LogP contribution >= 0.6 is 0 Å². The highest BCUT2D eigenvalue weighted by Crippen LogP contribution is 2.24. The molecule has 4 rings (SSSR count). The lowest BCUT2D eigenvalue weighted by Crippen LogP contribution is -2.51. The average Bonchev–Trinajstić information content (AvgIpc) is 2.87. The van der Waals surface area contributed by atoms with Gasteiger partial charge < -0.3 is 9.64 Å². The topological polar surface area (TPSA) is 96.9 Å². The highest BCUT2D eigenvalue weighted by Gasteiger charge is 2.30. The molecule has 34 heavy (non-hydrogen) atoms. The molecule has 1 fully saturated rings. The van der Waals surface area contributed by atoms with E-state index in [0.29, 0.717) is 22.9 Å². The second-order valence-electron chi connectivity index (χ2n) is 8.10. The van der Waals surface area contributed by atoms with Crippen molar-refractivity contribution in [1.29, 1.82) is 0 Å². The van der Waals surface area contributed by atoms with E-state index >= 15 is 0 Å². The highest BCUT2D eigenvalue weighted by molar-refractivity contribution is 7.89. The number of para-hydroxylation sites is 1. The summed E-state index contributed by atoms with van der Waals surface area (Å²) in [4.78, 5) is 32.0. The number of rotatable bonds is 6. The molecule has 0 atom stereocenters. The van der Waals surface area contributed by atoms with Crippen LogP contribution < -0.4 is 0 Å². The first kappa shape index (κ1) is 23.8. The van der Waals surface area contributed by atoms with Gasteiger partial charge in [-0.1, -0.05) is 43.3 Å². The van der Waals surface area contributed by atoms with Crippen LogP contribution in [0.4, 0.5) is 0 Å². The molecule has 1 saturated heterocycles. The predicted molar refractivity (Wildman–Crippen MR) is 128 cm³/mol. The van der Waals surface area contributed by atoms with Crippen LogP contribution in [-0.2, 0) is 26.0 Å². The standard InChI is InChI=1S/C25H27N3O5S/c1-3-21-18(2)24(20-11-7-8-12-22(20)26-21)25(30)33-17-23(29)27-13-15-28(16-14-27)34(31,32)19-9-5-4-6-10-19/h4-12H,3,13-17H2,1-2H3. The van der Waals surface area contributed by atoms with Crippen LogP contribution in [0, 0.1) is 6.92 Å². The average molecular weight is 482 g/mol. The smallest absolute Gasteiger partial charge is 0.339 e. The van der Waals surface area contributed by atoms with Crippen LogP contribution in [0.25, 0.3) is 10.9 Å². The summed E-state index contributed by atoms with van der Waals surface area (Å²) in [6, 6.07) is 15.6. The molecule has 1 aliphatic heterocycles. The monoisotopic (exact) mass is 481 g/mol. The molecule has 0 aliphatic carbocycles. The van der Waals surface area contributed by atoms with Crippen molar-refractivity contribution in [3.63, 3.8) is 0 Å². The van der Waals surface area contributed by atoms with Crippen molar-refractivity contribution in [2.75, 3.05) is 32.8 Å². The second kappa shape index (κ2) is 9.90. The predicted octanol–water partition coefficient (Wildman–Crippen LogP) is 2.80. The largest absolute Gasteiger partial charge is 0.452 e. The number of fused-ring (bicyclic) bond motifs is 1. The van der Waals surface area contributed by atoms with E-state index < -0.39 is 22.6 Å². The maximum atomic E-state index is 13.0. The zero-order valence-electron chi connectivity index (χ0n) is 19.2. The Morgan fingerprint density at radius 2 is 1.62 bits per heavy atom.